The monoisotopic (exact) mass is 1370 g/mol. The third kappa shape index (κ3) is 11.4. The summed E-state index contributed by atoms with van der Waals surface area (Å²) < 4.78 is 0. The molecule has 0 unspecified atom stereocenters. The summed E-state index contributed by atoms with van der Waals surface area (Å²) >= 11 is 0. The smallest absolute Gasteiger partial charge is 0.0978 e. The highest BCUT2D eigenvalue weighted by molar-refractivity contribution is 6.21. The van der Waals surface area contributed by atoms with Crippen molar-refractivity contribution in [2.45, 2.75) is 0 Å². The van der Waals surface area contributed by atoms with Crippen molar-refractivity contribution in [3.05, 3.63) is 401 Å². The fraction of sp³-hybridized carbons (Fsp3) is 0. The molecule has 0 atom stereocenters. The lowest BCUT2D eigenvalue weighted by Crippen LogP contribution is -2.10. The molecule has 0 N–H and O–H groups in total. The van der Waals surface area contributed by atoms with Crippen molar-refractivity contribution < 1.29 is 0 Å². The number of benzene rings is 16. The summed E-state index contributed by atoms with van der Waals surface area (Å²) in [5.74, 6) is 0. The van der Waals surface area contributed by atoms with Crippen LogP contribution < -0.4 is 9.80 Å². The summed E-state index contributed by atoms with van der Waals surface area (Å²) in [5.41, 5.74) is 29.8. The molecule has 0 aliphatic carbocycles. The van der Waals surface area contributed by atoms with Gasteiger partial charge in [-0.25, -0.2) is 15.0 Å². The first-order valence-corrected chi connectivity index (χ1v) is 36.7. The molecule has 0 radical (unpaired) electrons. The van der Waals surface area contributed by atoms with E-state index in [2.05, 4.69) is 392 Å². The van der Waals surface area contributed by atoms with Crippen LogP contribution in [0.2, 0.25) is 0 Å². The molecule has 0 bridgehead atoms. The van der Waals surface area contributed by atoms with Gasteiger partial charge < -0.3 is 9.80 Å². The number of rotatable bonds is 14. The minimum Gasteiger partial charge on any atom is -0.311 e. The van der Waals surface area contributed by atoms with E-state index in [0.717, 1.165) is 188 Å². The lowest BCUT2D eigenvalue weighted by molar-refractivity contribution is 1.28. The zero-order valence-electron chi connectivity index (χ0n) is 58.8. The Hall–Kier alpha value is -14.5. The number of hydrogen-bond acceptors (Lipinski definition) is 6. The van der Waals surface area contributed by atoms with Crippen LogP contribution in [-0.2, 0) is 0 Å². The molecular weight excluding hydrogens is 1310 g/mol. The zero-order valence-corrected chi connectivity index (χ0v) is 58.8. The van der Waals surface area contributed by atoms with Crippen molar-refractivity contribution in [2.24, 2.45) is 0 Å². The lowest BCUT2D eigenvalue weighted by atomic mass is 9.90. The summed E-state index contributed by atoms with van der Waals surface area (Å²) in [5, 5.41) is 8.73. The van der Waals surface area contributed by atoms with Gasteiger partial charge >= 0.3 is 0 Å². The highest BCUT2D eigenvalue weighted by atomic mass is 15.1. The van der Waals surface area contributed by atoms with E-state index in [1.807, 2.05) is 18.3 Å². The Labute approximate surface area is 625 Å². The molecule has 504 valence electrons. The second kappa shape index (κ2) is 27.0. The van der Waals surface area contributed by atoms with Gasteiger partial charge in [-0.1, -0.05) is 297 Å². The van der Waals surface area contributed by atoms with Crippen LogP contribution in [0.25, 0.3) is 165 Å². The normalized spacial score (nSPS) is 11.5. The van der Waals surface area contributed by atoms with E-state index in [4.69, 9.17) is 19.9 Å². The molecule has 0 amide bonds. The van der Waals surface area contributed by atoms with Crippen molar-refractivity contribution in [1.29, 1.82) is 0 Å². The molecule has 4 heterocycles. The van der Waals surface area contributed by atoms with E-state index in [0.29, 0.717) is 0 Å². The van der Waals surface area contributed by atoms with Crippen molar-refractivity contribution in [2.75, 3.05) is 9.80 Å². The van der Waals surface area contributed by atoms with Gasteiger partial charge in [0, 0.05) is 89.0 Å². The molecule has 0 spiro atoms. The summed E-state index contributed by atoms with van der Waals surface area (Å²) in [4.78, 5) is 25.6. The van der Waals surface area contributed by atoms with Crippen LogP contribution in [0.3, 0.4) is 0 Å². The summed E-state index contributed by atoms with van der Waals surface area (Å²) in [6.07, 6.45) is 1.86. The number of nitrogens with zero attached hydrogens (tertiary/aromatic N) is 6. The van der Waals surface area contributed by atoms with Gasteiger partial charge in [-0.05, 0) is 169 Å². The van der Waals surface area contributed by atoms with Gasteiger partial charge in [-0.3, -0.25) is 4.98 Å². The molecule has 0 saturated heterocycles. The van der Waals surface area contributed by atoms with Crippen LogP contribution in [0.4, 0.5) is 34.1 Å². The van der Waals surface area contributed by atoms with E-state index in [-0.39, 0.29) is 0 Å². The predicted octanol–water partition coefficient (Wildman–Crippen LogP) is 27.6. The Morgan fingerprint density at radius 3 is 1.20 bits per heavy atom. The molecule has 108 heavy (non-hydrogen) atoms. The minimum atomic E-state index is 0.888. The fourth-order valence-corrected chi connectivity index (χ4v) is 16.1. The SMILES string of the molecule is c1ccc(-c2ccc(N(c3ccc(-c4ccccc4-c4cccc(-c5ccc(N(c6ccc(-c7ccccc7)cc6)c6ccc(-c7c8ccccc8nc8c7ccc7cccnc78)c7ccccc67)cc5)c4)cc3)c3ccc(-c4c5ccccc5nc5c4ccc4ccc(-c6ccccc6)nc45)cc3)cc2)cc1. The van der Waals surface area contributed by atoms with E-state index in [9.17, 15) is 0 Å². The summed E-state index contributed by atoms with van der Waals surface area (Å²) in [6.45, 7) is 0. The quantitative estimate of drug-likeness (QED) is 0.0799. The first kappa shape index (κ1) is 63.2. The second-order valence-corrected chi connectivity index (χ2v) is 27.6. The topological polar surface area (TPSA) is 58.0 Å². The number of pyridine rings is 4. The molecule has 20 rings (SSSR count). The van der Waals surface area contributed by atoms with Crippen LogP contribution in [0.1, 0.15) is 0 Å². The van der Waals surface area contributed by atoms with Crippen LogP contribution in [0, 0.1) is 0 Å². The highest BCUT2D eigenvalue weighted by Crippen LogP contribution is 2.48. The molecule has 0 aliphatic heterocycles. The average Bonchev–Trinajstić information content (AvgIpc) is 0.739. The van der Waals surface area contributed by atoms with Gasteiger partial charge in [0.1, 0.15) is 0 Å². The molecule has 0 aliphatic rings. The Morgan fingerprint density at radius 2 is 0.611 bits per heavy atom. The van der Waals surface area contributed by atoms with Gasteiger partial charge in [0.05, 0.1) is 44.5 Å². The Morgan fingerprint density at radius 1 is 0.194 bits per heavy atom. The van der Waals surface area contributed by atoms with E-state index < -0.39 is 0 Å². The van der Waals surface area contributed by atoms with Crippen molar-refractivity contribution >= 4 is 110 Å². The zero-order chi connectivity index (χ0) is 71.4. The maximum atomic E-state index is 5.33. The van der Waals surface area contributed by atoms with Gasteiger partial charge in [-0.2, -0.15) is 0 Å². The van der Waals surface area contributed by atoms with Gasteiger partial charge in [0.15, 0.2) is 0 Å². The number of anilines is 6. The first-order valence-electron chi connectivity index (χ1n) is 36.7. The van der Waals surface area contributed by atoms with Gasteiger partial charge in [0.25, 0.3) is 0 Å². The highest BCUT2D eigenvalue weighted by Gasteiger charge is 2.24. The average molecular weight is 1380 g/mol. The van der Waals surface area contributed by atoms with Crippen LogP contribution in [0.5, 0.6) is 0 Å². The maximum absolute atomic E-state index is 5.33. The van der Waals surface area contributed by atoms with Crippen LogP contribution in [-0.4, -0.2) is 19.9 Å². The van der Waals surface area contributed by atoms with Crippen LogP contribution >= 0.6 is 0 Å². The molecule has 6 heteroatoms. The molecule has 0 saturated carbocycles. The van der Waals surface area contributed by atoms with Gasteiger partial charge in [-0.15, -0.1) is 0 Å². The summed E-state index contributed by atoms with van der Waals surface area (Å²) in [7, 11) is 0. The van der Waals surface area contributed by atoms with E-state index >= 15 is 0 Å². The Bertz CT molecular complexity index is 6810. The molecule has 16 aromatic carbocycles. The lowest BCUT2D eigenvalue weighted by Gasteiger charge is -2.28. The standard InChI is InChI=1S/C102H66N6/c1-4-20-67(21-5-1)69-37-50-79(51-38-69)107(81-58-45-74(46-59-81)97-89-33-14-16-35-94(89)106-102-91(97)60-48-76-49-63-93(104-100(76)102)73-24-8-3-9-25-73)80-56-43-72(44-57-80)84-29-10-11-30-85(84)78-27-18-26-77(66-78)71-41-54-83(55-42-71)108(82-52-39-70(40-53-82)68-22-6-2-7-23-68)96-64-62-88(86-31-12-13-32-87(86)96)98-90-34-15-17-36-95(90)105-101-92(98)61-47-75-28-19-65-103-99(75)101/h1-66H. The number of hydrogen-bond donors (Lipinski definition) is 0. The largest absolute Gasteiger partial charge is 0.311 e. The molecule has 20 aromatic rings. The maximum Gasteiger partial charge on any atom is 0.0978 e. The third-order valence-electron chi connectivity index (χ3n) is 21.3. The van der Waals surface area contributed by atoms with E-state index in [1.54, 1.807) is 0 Å². The Kier molecular flexibility index (Phi) is 15.8. The molecule has 6 nitrogen and oxygen atoms in total. The first-order chi connectivity index (χ1) is 53.5. The van der Waals surface area contributed by atoms with E-state index in [1.165, 1.54) is 11.1 Å². The molecule has 0 fully saturated rings. The number of para-hydroxylation sites is 2. The Balaban J connectivity index is 0.640. The molecule has 4 aromatic heterocycles. The minimum absolute atomic E-state index is 0.888. The van der Waals surface area contributed by atoms with Gasteiger partial charge in [0.2, 0.25) is 0 Å². The predicted molar refractivity (Wildman–Crippen MR) is 453 cm³/mol. The van der Waals surface area contributed by atoms with Crippen molar-refractivity contribution in [3.63, 3.8) is 0 Å². The number of aromatic nitrogens is 4. The molecular formula is C102H66N6. The fourth-order valence-electron chi connectivity index (χ4n) is 16.1. The number of fused-ring (bicyclic) bond motifs is 9. The second-order valence-electron chi connectivity index (χ2n) is 27.6. The van der Waals surface area contributed by atoms with Crippen molar-refractivity contribution in [1.82, 2.24) is 19.9 Å². The van der Waals surface area contributed by atoms with Crippen LogP contribution in [0.15, 0.2) is 401 Å². The van der Waals surface area contributed by atoms with Crippen molar-refractivity contribution in [3.8, 4) is 89.1 Å². The summed E-state index contributed by atoms with van der Waals surface area (Å²) in [6, 6.07) is 142. The third-order valence-corrected chi connectivity index (χ3v) is 21.3.